The van der Waals surface area contributed by atoms with Crippen LogP contribution in [0.2, 0.25) is 0 Å². The molecule has 1 fully saturated rings. The van der Waals surface area contributed by atoms with E-state index in [1.807, 2.05) is 0 Å². The molecule has 0 atom stereocenters. The van der Waals surface area contributed by atoms with Crippen molar-refractivity contribution in [2.45, 2.75) is 33.1 Å². The van der Waals surface area contributed by atoms with Crippen LogP contribution in [0, 0.1) is 11.8 Å². The van der Waals surface area contributed by atoms with Gasteiger partial charge in [-0.25, -0.2) is 10.2 Å². The maximum absolute atomic E-state index is 10.5. The lowest BCUT2D eigenvalue weighted by Gasteiger charge is -2.28. The number of primary amides is 1. The summed E-state index contributed by atoms with van der Waals surface area (Å²) in [5.74, 6) is 0.948. The first-order chi connectivity index (χ1) is 6.11. The van der Waals surface area contributed by atoms with E-state index in [1.54, 1.807) is 0 Å². The number of nitrogens with one attached hydrogen (secondary N) is 1. The first-order valence-electron chi connectivity index (χ1n) is 4.74. The van der Waals surface area contributed by atoms with Crippen LogP contribution in [0.1, 0.15) is 33.1 Å². The van der Waals surface area contributed by atoms with E-state index in [2.05, 4.69) is 24.4 Å². The van der Waals surface area contributed by atoms with Gasteiger partial charge < -0.3 is 5.73 Å². The van der Waals surface area contributed by atoms with Crippen LogP contribution in [0.15, 0.2) is 5.10 Å². The molecule has 74 valence electrons. The summed E-state index contributed by atoms with van der Waals surface area (Å²) >= 11 is 0. The summed E-state index contributed by atoms with van der Waals surface area (Å²) in [6.07, 6.45) is 3.65. The molecular weight excluding hydrogens is 166 g/mol. The summed E-state index contributed by atoms with van der Waals surface area (Å²) in [7, 11) is 0. The third-order valence-electron chi connectivity index (χ3n) is 2.41. The van der Waals surface area contributed by atoms with Crippen LogP contribution in [0.4, 0.5) is 4.79 Å². The highest BCUT2D eigenvalue weighted by atomic mass is 16.2. The van der Waals surface area contributed by atoms with Crippen molar-refractivity contribution in [3.05, 3.63) is 0 Å². The molecule has 0 radical (unpaired) electrons. The third-order valence-corrected chi connectivity index (χ3v) is 2.41. The van der Waals surface area contributed by atoms with Crippen LogP contribution in [0.3, 0.4) is 0 Å². The Bertz CT molecular complexity index is 219. The molecule has 0 unspecified atom stereocenters. The van der Waals surface area contributed by atoms with Gasteiger partial charge in [-0.3, -0.25) is 0 Å². The van der Waals surface area contributed by atoms with Crippen LogP contribution in [-0.4, -0.2) is 11.7 Å². The highest BCUT2D eigenvalue weighted by Crippen LogP contribution is 2.30. The number of carbonyl (C=O) groups excluding carboxylic acids is 1. The highest BCUT2D eigenvalue weighted by Gasteiger charge is 2.25. The van der Waals surface area contributed by atoms with Gasteiger partial charge in [-0.15, -0.1) is 0 Å². The van der Waals surface area contributed by atoms with Gasteiger partial charge in [0, 0.05) is 5.71 Å². The third kappa shape index (κ3) is 2.72. The van der Waals surface area contributed by atoms with E-state index in [0.717, 1.165) is 5.71 Å². The summed E-state index contributed by atoms with van der Waals surface area (Å²) in [6.45, 7) is 4.17. The van der Waals surface area contributed by atoms with E-state index in [9.17, 15) is 4.79 Å². The zero-order valence-corrected chi connectivity index (χ0v) is 8.21. The fraction of sp³-hybridized carbons (Fsp3) is 0.778. The maximum atomic E-state index is 10.5. The highest BCUT2D eigenvalue weighted by molar-refractivity contribution is 5.90. The second-order valence-corrected chi connectivity index (χ2v) is 3.80. The molecule has 1 saturated carbocycles. The van der Waals surface area contributed by atoms with Crippen molar-refractivity contribution in [1.82, 2.24) is 5.43 Å². The number of urea groups is 1. The predicted molar refractivity (Wildman–Crippen MR) is 52.3 cm³/mol. The Morgan fingerprint density at radius 3 is 2.46 bits per heavy atom. The monoisotopic (exact) mass is 183 g/mol. The van der Waals surface area contributed by atoms with Gasteiger partial charge in [-0.05, 0) is 24.7 Å². The van der Waals surface area contributed by atoms with E-state index in [-0.39, 0.29) is 0 Å². The number of amides is 2. The zero-order chi connectivity index (χ0) is 9.84. The molecule has 13 heavy (non-hydrogen) atoms. The van der Waals surface area contributed by atoms with Crippen LogP contribution in [0.25, 0.3) is 0 Å². The van der Waals surface area contributed by atoms with Crippen molar-refractivity contribution in [2.75, 3.05) is 0 Å². The number of rotatable bonds is 3. The molecule has 0 aromatic carbocycles. The first-order valence-corrected chi connectivity index (χ1v) is 4.74. The fourth-order valence-corrected chi connectivity index (χ4v) is 1.52. The molecular formula is C9H17N3O. The molecule has 0 aromatic heterocycles. The second-order valence-electron chi connectivity index (χ2n) is 3.80. The van der Waals surface area contributed by atoms with Crippen molar-refractivity contribution in [2.24, 2.45) is 22.7 Å². The van der Waals surface area contributed by atoms with Crippen LogP contribution >= 0.6 is 0 Å². The second kappa shape index (κ2) is 4.25. The normalized spacial score (nSPS) is 18.5. The first kappa shape index (κ1) is 10.0. The summed E-state index contributed by atoms with van der Waals surface area (Å²) in [5, 5.41) is 4.04. The quantitative estimate of drug-likeness (QED) is 0.505. The van der Waals surface area contributed by atoms with Crippen molar-refractivity contribution in [1.29, 1.82) is 0 Å². The summed E-state index contributed by atoms with van der Waals surface area (Å²) in [4.78, 5) is 10.5. The number of nitrogens with two attached hydrogens (primary N) is 1. The molecule has 4 nitrogen and oxygen atoms in total. The molecule has 1 rings (SSSR count). The number of hydrogen-bond donors (Lipinski definition) is 2. The van der Waals surface area contributed by atoms with Crippen molar-refractivity contribution >= 4 is 11.7 Å². The topological polar surface area (TPSA) is 67.5 Å². The van der Waals surface area contributed by atoms with Gasteiger partial charge in [-0.2, -0.15) is 5.10 Å². The van der Waals surface area contributed by atoms with Crippen molar-refractivity contribution < 1.29 is 4.79 Å². The lowest BCUT2D eigenvalue weighted by Crippen LogP contribution is -2.32. The SMILES string of the molecule is CC(C)/C(=N\NC(N)=O)C1CCC1. The maximum Gasteiger partial charge on any atom is 0.332 e. The Hall–Kier alpha value is -1.06. The van der Waals surface area contributed by atoms with Gasteiger partial charge in [0.1, 0.15) is 0 Å². The van der Waals surface area contributed by atoms with Gasteiger partial charge >= 0.3 is 6.03 Å². The molecule has 0 saturated heterocycles. The summed E-state index contributed by atoms with van der Waals surface area (Å²) in [5.41, 5.74) is 8.32. The minimum Gasteiger partial charge on any atom is -0.350 e. The Morgan fingerprint density at radius 2 is 2.15 bits per heavy atom. The molecule has 2 amide bonds. The lowest BCUT2D eigenvalue weighted by atomic mass is 9.78. The average molecular weight is 183 g/mol. The lowest BCUT2D eigenvalue weighted by molar-refractivity contribution is 0.249. The Balaban J connectivity index is 2.55. The largest absolute Gasteiger partial charge is 0.350 e. The van der Waals surface area contributed by atoms with Crippen LogP contribution < -0.4 is 11.2 Å². The number of hydrogen-bond acceptors (Lipinski definition) is 2. The Kier molecular flexibility index (Phi) is 3.28. The van der Waals surface area contributed by atoms with E-state index in [1.165, 1.54) is 19.3 Å². The van der Waals surface area contributed by atoms with E-state index >= 15 is 0 Å². The summed E-state index contributed by atoms with van der Waals surface area (Å²) < 4.78 is 0. The standard InChI is InChI=1S/C9H17N3O/c1-6(2)8(7-4-3-5-7)11-12-9(10)13/h6-7H,3-5H2,1-2H3,(H3,10,12,13)/b11-8+. The van der Waals surface area contributed by atoms with Crippen molar-refractivity contribution in [3.63, 3.8) is 0 Å². The molecule has 0 heterocycles. The average Bonchev–Trinajstić information content (AvgIpc) is 1.92. The zero-order valence-electron chi connectivity index (χ0n) is 8.21. The van der Waals surface area contributed by atoms with Crippen molar-refractivity contribution in [3.8, 4) is 0 Å². The van der Waals surface area contributed by atoms with Gasteiger partial charge in [0.2, 0.25) is 0 Å². The molecule has 1 aliphatic rings. The Morgan fingerprint density at radius 1 is 1.54 bits per heavy atom. The van der Waals surface area contributed by atoms with Gasteiger partial charge in [0.05, 0.1) is 0 Å². The van der Waals surface area contributed by atoms with Crippen LogP contribution in [-0.2, 0) is 0 Å². The molecule has 4 heteroatoms. The molecule has 1 aliphatic carbocycles. The minimum atomic E-state index is -0.586. The Labute approximate surface area is 78.6 Å². The number of nitrogens with zero attached hydrogens (tertiary/aromatic N) is 1. The smallest absolute Gasteiger partial charge is 0.332 e. The molecule has 3 N–H and O–H groups in total. The minimum absolute atomic E-state index is 0.386. The summed E-state index contributed by atoms with van der Waals surface area (Å²) in [6, 6.07) is -0.586. The molecule has 0 aromatic rings. The number of carbonyl (C=O) groups is 1. The van der Waals surface area contributed by atoms with Gasteiger partial charge in [0.15, 0.2) is 0 Å². The van der Waals surface area contributed by atoms with Gasteiger partial charge in [-0.1, -0.05) is 20.3 Å². The van der Waals surface area contributed by atoms with E-state index in [4.69, 9.17) is 5.73 Å². The molecule has 0 aliphatic heterocycles. The van der Waals surface area contributed by atoms with Gasteiger partial charge in [0.25, 0.3) is 0 Å². The molecule has 0 bridgehead atoms. The van der Waals surface area contributed by atoms with Crippen LogP contribution in [0.5, 0.6) is 0 Å². The van der Waals surface area contributed by atoms with E-state index < -0.39 is 6.03 Å². The fourth-order valence-electron chi connectivity index (χ4n) is 1.52. The number of hydrazone groups is 1. The predicted octanol–water partition coefficient (Wildman–Crippen LogP) is 1.47. The molecule has 0 spiro atoms. The van der Waals surface area contributed by atoms with E-state index in [0.29, 0.717) is 11.8 Å².